The van der Waals surface area contributed by atoms with Crippen molar-refractivity contribution in [2.75, 3.05) is 0 Å². The van der Waals surface area contributed by atoms with Crippen LogP contribution in [0.15, 0.2) is 144 Å². The molecule has 49 heavy (non-hydrogen) atoms. The first kappa shape index (κ1) is 26.6. The normalized spacial score (nSPS) is 12.1. The molecule has 228 valence electrons. The summed E-state index contributed by atoms with van der Waals surface area (Å²) < 4.78 is 11.1. The van der Waals surface area contributed by atoms with Gasteiger partial charge in [0.05, 0.1) is 16.6 Å². The fourth-order valence-corrected chi connectivity index (χ4v) is 8.47. The highest BCUT2D eigenvalue weighted by Gasteiger charge is 2.22. The van der Waals surface area contributed by atoms with Crippen LogP contribution in [0.5, 0.6) is 0 Å². The lowest BCUT2D eigenvalue weighted by atomic mass is 10.1. The second-order valence-electron chi connectivity index (χ2n) is 12.3. The summed E-state index contributed by atoms with van der Waals surface area (Å²) >= 11 is 1.78. The van der Waals surface area contributed by atoms with Crippen LogP contribution in [-0.4, -0.2) is 24.5 Å². The third-order valence-corrected chi connectivity index (χ3v) is 10.7. The predicted octanol–water partition coefficient (Wildman–Crippen LogP) is 11.1. The predicted molar refractivity (Wildman–Crippen MR) is 201 cm³/mol. The molecule has 6 nitrogen and oxygen atoms in total. The molecule has 6 aromatic carbocycles. The van der Waals surface area contributed by atoms with Gasteiger partial charge in [-0.1, -0.05) is 91.0 Å². The molecular formula is C42H23N5OS. The summed E-state index contributed by atoms with van der Waals surface area (Å²) in [6.07, 6.45) is 3.65. The van der Waals surface area contributed by atoms with Crippen LogP contribution in [0.2, 0.25) is 0 Å². The number of rotatable bonds is 3. The van der Waals surface area contributed by atoms with E-state index in [1.165, 1.54) is 20.2 Å². The molecule has 11 rings (SSSR count). The molecule has 0 N–H and O–H groups in total. The smallest absolute Gasteiger partial charge is 0.238 e. The Morgan fingerprint density at radius 1 is 0.510 bits per heavy atom. The second-order valence-corrected chi connectivity index (χ2v) is 13.4. The third-order valence-electron chi connectivity index (χ3n) is 9.53. The maximum Gasteiger partial charge on any atom is 0.238 e. The van der Waals surface area contributed by atoms with Crippen LogP contribution in [-0.2, 0) is 0 Å². The van der Waals surface area contributed by atoms with E-state index in [1.54, 1.807) is 17.5 Å². The molecular weight excluding hydrogens is 623 g/mol. The van der Waals surface area contributed by atoms with Crippen molar-refractivity contribution in [3.63, 3.8) is 0 Å². The van der Waals surface area contributed by atoms with Crippen LogP contribution in [0.1, 0.15) is 0 Å². The lowest BCUT2D eigenvalue weighted by Crippen LogP contribution is -2.06. The fraction of sp³-hybridized carbons (Fsp3) is 0. The number of furan rings is 1. The Hall–Kier alpha value is -6.44. The zero-order valence-electron chi connectivity index (χ0n) is 25.8. The van der Waals surface area contributed by atoms with Gasteiger partial charge in [0.15, 0.2) is 11.6 Å². The fourth-order valence-electron chi connectivity index (χ4n) is 7.34. The first-order valence-electron chi connectivity index (χ1n) is 16.1. The Morgan fingerprint density at radius 2 is 1.22 bits per heavy atom. The summed E-state index contributed by atoms with van der Waals surface area (Å²) in [4.78, 5) is 20.4. The highest BCUT2D eigenvalue weighted by molar-refractivity contribution is 7.25. The van der Waals surface area contributed by atoms with Gasteiger partial charge in [-0.15, -0.1) is 11.3 Å². The van der Waals surface area contributed by atoms with Gasteiger partial charge in [0.2, 0.25) is 5.95 Å². The van der Waals surface area contributed by atoms with Gasteiger partial charge in [-0.25, -0.2) is 4.98 Å². The molecule has 0 unspecified atom stereocenters. The molecule has 0 aliphatic heterocycles. The van der Waals surface area contributed by atoms with Crippen LogP contribution in [0.3, 0.4) is 0 Å². The molecule has 7 heteroatoms. The Bertz CT molecular complexity index is 3130. The van der Waals surface area contributed by atoms with Crippen molar-refractivity contribution in [3.05, 3.63) is 140 Å². The first-order valence-corrected chi connectivity index (χ1v) is 16.9. The van der Waals surface area contributed by atoms with Gasteiger partial charge in [0.1, 0.15) is 11.2 Å². The summed E-state index contributed by atoms with van der Waals surface area (Å²) in [6.45, 7) is 0. The van der Waals surface area contributed by atoms with E-state index in [1.807, 2.05) is 24.4 Å². The topological polar surface area (TPSA) is 69.6 Å². The Labute approximate surface area is 282 Å². The van der Waals surface area contributed by atoms with Crippen molar-refractivity contribution in [1.29, 1.82) is 0 Å². The molecule has 0 aliphatic rings. The van der Waals surface area contributed by atoms with Gasteiger partial charge in [0, 0.05) is 59.7 Å². The highest BCUT2D eigenvalue weighted by atomic mass is 32.1. The minimum absolute atomic E-state index is 0.500. The monoisotopic (exact) mass is 645 g/mol. The summed E-state index contributed by atoms with van der Waals surface area (Å²) in [5.74, 6) is 1.63. The van der Waals surface area contributed by atoms with E-state index >= 15 is 0 Å². The van der Waals surface area contributed by atoms with Crippen LogP contribution in [0.25, 0.3) is 103 Å². The van der Waals surface area contributed by atoms with Crippen molar-refractivity contribution < 1.29 is 4.42 Å². The van der Waals surface area contributed by atoms with Crippen molar-refractivity contribution in [3.8, 4) is 28.7 Å². The van der Waals surface area contributed by atoms with E-state index in [4.69, 9.17) is 19.4 Å². The van der Waals surface area contributed by atoms with Gasteiger partial charge in [-0.3, -0.25) is 9.55 Å². The minimum Gasteiger partial charge on any atom is -0.455 e. The van der Waals surface area contributed by atoms with Crippen LogP contribution >= 0.6 is 11.3 Å². The van der Waals surface area contributed by atoms with Crippen molar-refractivity contribution in [1.82, 2.24) is 24.5 Å². The lowest BCUT2D eigenvalue weighted by molar-refractivity contribution is 0.669. The highest BCUT2D eigenvalue weighted by Crippen LogP contribution is 2.41. The zero-order valence-corrected chi connectivity index (χ0v) is 26.6. The van der Waals surface area contributed by atoms with Gasteiger partial charge in [0.25, 0.3) is 0 Å². The van der Waals surface area contributed by atoms with E-state index in [-0.39, 0.29) is 0 Å². The molecule has 0 fully saturated rings. The number of hydrogen-bond acceptors (Lipinski definition) is 6. The second kappa shape index (κ2) is 10.0. The number of fused-ring (bicyclic) bond motifs is 10. The number of pyridine rings is 1. The largest absolute Gasteiger partial charge is 0.455 e. The van der Waals surface area contributed by atoms with Crippen molar-refractivity contribution in [2.24, 2.45) is 0 Å². The van der Waals surface area contributed by atoms with Crippen LogP contribution in [0, 0.1) is 0 Å². The van der Waals surface area contributed by atoms with Gasteiger partial charge in [-0.2, -0.15) is 9.97 Å². The molecule has 5 aromatic heterocycles. The third kappa shape index (κ3) is 3.87. The van der Waals surface area contributed by atoms with Gasteiger partial charge in [-0.05, 0) is 47.2 Å². The summed E-state index contributed by atoms with van der Waals surface area (Å²) in [5, 5.41) is 8.87. The van der Waals surface area contributed by atoms with E-state index in [2.05, 4.69) is 119 Å². The van der Waals surface area contributed by atoms with Gasteiger partial charge < -0.3 is 4.42 Å². The summed E-state index contributed by atoms with van der Waals surface area (Å²) in [7, 11) is 0. The molecule has 0 radical (unpaired) electrons. The van der Waals surface area contributed by atoms with E-state index < -0.39 is 0 Å². The molecule has 11 aromatic rings. The van der Waals surface area contributed by atoms with E-state index in [0.29, 0.717) is 28.7 Å². The Morgan fingerprint density at radius 3 is 2.12 bits per heavy atom. The Balaban J connectivity index is 1.27. The molecule has 0 atom stereocenters. The molecule has 5 heterocycles. The molecule has 0 bridgehead atoms. The van der Waals surface area contributed by atoms with E-state index in [0.717, 1.165) is 54.5 Å². The molecule has 0 amide bonds. The van der Waals surface area contributed by atoms with E-state index in [9.17, 15) is 0 Å². The number of para-hydroxylation sites is 2. The first-order chi connectivity index (χ1) is 24.3. The minimum atomic E-state index is 0.500. The van der Waals surface area contributed by atoms with Crippen LogP contribution in [0.4, 0.5) is 0 Å². The number of nitrogens with zero attached hydrogens (tertiary/aromatic N) is 5. The Kier molecular flexibility index (Phi) is 5.45. The maximum atomic E-state index is 6.47. The number of thiophene rings is 1. The zero-order chi connectivity index (χ0) is 32.1. The van der Waals surface area contributed by atoms with Crippen LogP contribution < -0.4 is 0 Å². The van der Waals surface area contributed by atoms with Crippen molar-refractivity contribution >= 4 is 86.0 Å². The maximum absolute atomic E-state index is 6.47. The van der Waals surface area contributed by atoms with Gasteiger partial charge >= 0.3 is 0 Å². The standard InChI is InChI=1S/C42H23N5OS/c1-2-11-25-21-34-30(20-24(25)10-1)26-12-3-6-16-33(26)47(34)42-45-40(29-15-9-19-37-38(29)28-14-5-8-18-36(28)49-37)44-41(46-42)32-23-43-22-31-27-13-4-7-17-35(27)48-39(31)32/h1-23H. The number of aromatic nitrogens is 5. The summed E-state index contributed by atoms with van der Waals surface area (Å²) in [5.41, 5.74) is 5.22. The summed E-state index contributed by atoms with van der Waals surface area (Å²) in [6, 6.07) is 44.4. The average molecular weight is 646 g/mol. The quantitative estimate of drug-likeness (QED) is 0.191. The molecule has 0 aliphatic carbocycles. The molecule has 0 saturated carbocycles. The number of hydrogen-bond donors (Lipinski definition) is 0. The number of benzene rings is 6. The lowest BCUT2D eigenvalue weighted by Gasteiger charge is -2.12. The molecule has 0 saturated heterocycles. The molecule has 0 spiro atoms. The SMILES string of the molecule is c1ccc2cc3c(cc2c1)c1ccccc1n3-c1nc(-c2cncc3c2oc2ccccc23)nc(-c2cccc3sc4ccccc4c23)n1. The average Bonchev–Trinajstić information content (AvgIpc) is 3.83. The van der Waals surface area contributed by atoms with Crippen molar-refractivity contribution in [2.45, 2.75) is 0 Å².